The van der Waals surface area contributed by atoms with E-state index in [1.54, 1.807) is 20.2 Å². The number of halogens is 1. The van der Waals surface area contributed by atoms with E-state index in [2.05, 4.69) is 5.32 Å². The van der Waals surface area contributed by atoms with Gasteiger partial charge in [0.2, 0.25) is 5.78 Å². The van der Waals surface area contributed by atoms with Crippen molar-refractivity contribution in [2.24, 2.45) is 17.6 Å². The van der Waals surface area contributed by atoms with Gasteiger partial charge in [0.05, 0.1) is 11.6 Å². The van der Waals surface area contributed by atoms with E-state index in [1.807, 2.05) is 6.92 Å². The van der Waals surface area contributed by atoms with E-state index in [1.165, 1.54) is 11.0 Å². The van der Waals surface area contributed by atoms with Crippen LogP contribution in [0, 0.1) is 11.8 Å². The third-order valence-electron chi connectivity index (χ3n) is 6.97. The van der Waals surface area contributed by atoms with Crippen molar-refractivity contribution in [2.75, 3.05) is 26.0 Å². The van der Waals surface area contributed by atoms with E-state index in [0.717, 1.165) is 0 Å². The van der Waals surface area contributed by atoms with Gasteiger partial charge in [-0.3, -0.25) is 19.3 Å². The maximum atomic E-state index is 13.7. The molecule has 0 spiro atoms. The minimum Gasteiger partial charge on any atom is -0.508 e. The van der Waals surface area contributed by atoms with Crippen LogP contribution >= 0.6 is 12.4 Å². The lowest BCUT2D eigenvalue weighted by atomic mass is 9.57. The molecular weight excluding hydrogens is 466 g/mol. The van der Waals surface area contributed by atoms with Crippen molar-refractivity contribution in [1.82, 2.24) is 4.90 Å². The predicted molar refractivity (Wildman–Crippen MR) is 126 cm³/mol. The lowest BCUT2D eigenvalue weighted by Gasteiger charge is -2.50. The zero-order chi connectivity index (χ0) is 24.4. The van der Waals surface area contributed by atoms with Gasteiger partial charge in [-0.2, -0.15) is 0 Å². The highest BCUT2D eigenvalue weighted by Gasteiger charge is 2.64. The first-order chi connectivity index (χ1) is 15.5. The molecule has 3 aliphatic carbocycles. The Morgan fingerprint density at radius 1 is 1.24 bits per heavy atom. The number of amides is 1. The van der Waals surface area contributed by atoms with E-state index >= 15 is 0 Å². The highest BCUT2D eigenvalue weighted by atomic mass is 35.5. The number of carbonyl (C=O) groups excluding carboxylic acids is 3. The zero-order valence-corrected chi connectivity index (χ0v) is 19.8. The van der Waals surface area contributed by atoms with Crippen molar-refractivity contribution in [2.45, 2.75) is 31.4 Å². The standard InChI is InChI=1S/C23H27N3O7.ClH/c1-4-25-12-5-6-13(27)15-10(12)7-9-8-11-17(26(2)3)19(29)16(22(24)32)21(31)23(11,33)20(30)14(9)18(15)28;/h5-6,9,11,17,25,27-28,31,33H,4,7-8H2,1-3H3,(H2,24,32);1H/t9?,11?,17-,23?;/m0./s1. The summed E-state index contributed by atoms with van der Waals surface area (Å²) in [6.45, 7) is 2.49. The Hall–Kier alpha value is -3.08. The molecule has 0 aliphatic heterocycles. The van der Waals surface area contributed by atoms with Gasteiger partial charge in [-0.15, -0.1) is 12.4 Å². The Morgan fingerprint density at radius 3 is 2.44 bits per heavy atom. The van der Waals surface area contributed by atoms with Crippen molar-refractivity contribution >= 4 is 41.3 Å². The number of fused-ring (bicyclic) bond motifs is 3. The van der Waals surface area contributed by atoms with Crippen LogP contribution in [0.25, 0.3) is 5.76 Å². The predicted octanol–water partition coefficient (Wildman–Crippen LogP) is 0.818. The molecule has 1 amide bonds. The maximum absolute atomic E-state index is 13.7. The average Bonchev–Trinajstić information content (AvgIpc) is 2.72. The van der Waals surface area contributed by atoms with Crippen LogP contribution in [-0.2, 0) is 20.8 Å². The van der Waals surface area contributed by atoms with E-state index in [9.17, 15) is 34.8 Å². The second kappa shape index (κ2) is 8.61. The lowest BCUT2D eigenvalue weighted by molar-refractivity contribution is -0.153. The molecule has 10 nitrogen and oxygen atoms in total. The number of hydrogen-bond donors (Lipinski definition) is 6. The highest BCUT2D eigenvalue weighted by molar-refractivity contribution is 6.24. The second-order valence-electron chi connectivity index (χ2n) is 8.98. The summed E-state index contributed by atoms with van der Waals surface area (Å²) in [5.41, 5.74) is 3.07. The summed E-state index contributed by atoms with van der Waals surface area (Å²) in [6, 6.07) is 1.97. The Bertz CT molecular complexity index is 1160. The van der Waals surface area contributed by atoms with Crippen LogP contribution in [0.2, 0.25) is 0 Å². The zero-order valence-electron chi connectivity index (χ0n) is 19.0. The molecule has 4 atom stereocenters. The smallest absolute Gasteiger partial charge is 0.255 e. The number of hydrogen-bond acceptors (Lipinski definition) is 9. The molecule has 0 saturated heterocycles. The van der Waals surface area contributed by atoms with Crippen LogP contribution in [0.3, 0.4) is 0 Å². The number of aliphatic hydroxyl groups excluding tert-OH is 2. The number of primary amides is 1. The molecule has 0 radical (unpaired) electrons. The fourth-order valence-corrected chi connectivity index (χ4v) is 5.60. The van der Waals surface area contributed by atoms with Gasteiger partial charge in [-0.25, -0.2) is 0 Å². The summed E-state index contributed by atoms with van der Waals surface area (Å²) in [7, 11) is 3.13. The van der Waals surface area contributed by atoms with Gasteiger partial charge in [0.25, 0.3) is 5.91 Å². The number of nitrogens with zero attached hydrogens (tertiary/aromatic N) is 1. The molecule has 11 heteroatoms. The number of likely N-dealkylation sites (N-methyl/N-ethyl adjacent to an activating group) is 1. The molecule has 0 aromatic heterocycles. The summed E-state index contributed by atoms with van der Waals surface area (Å²) in [4.78, 5) is 40.1. The van der Waals surface area contributed by atoms with Gasteiger partial charge >= 0.3 is 0 Å². The molecule has 1 fully saturated rings. The van der Waals surface area contributed by atoms with E-state index in [4.69, 9.17) is 5.73 Å². The Labute approximate surface area is 202 Å². The van der Waals surface area contributed by atoms with Gasteiger partial charge in [0.1, 0.15) is 22.8 Å². The summed E-state index contributed by atoms with van der Waals surface area (Å²) >= 11 is 0. The number of phenols is 1. The maximum Gasteiger partial charge on any atom is 0.255 e. The van der Waals surface area contributed by atoms with Crippen molar-refractivity contribution in [1.29, 1.82) is 0 Å². The molecule has 7 N–H and O–H groups in total. The Morgan fingerprint density at radius 2 is 1.88 bits per heavy atom. The van der Waals surface area contributed by atoms with Crippen molar-refractivity contribution in [3.63, 3.8) is 0 Å². The quantitative estimate of drug-likeness (QED) is 0.262. The number of benzene rings is 1. The van der Waals surface area contributed by atoms with Crippen LogP contribution < -0.4 is 11.1 Å². The number of nitrogens with one attached hydrogen (secondary N) is 1. The SMILES string of the molecule is CCNc1ccc(O)c2c1CC1CC3[C@H](N(C)C)C(=O)C(C(N)=O)=C(O)C3(O)C(=O)C1=C2O.Cl. The van der Waals surface area contributed by atoms with Gasteiger partial charge in [0.15, 0.2) is 11.4 Å². The van der Waals surface area contributed by atoms with Crippen LogP contribution in [-0.4, -0.2) is 75.1 Å². The first-order valence-electron chi connectivity index (χ1n) is 10.7. The Kier molecular flexibility index (Phi) is 6.47. The third-order valence-corrected chi connectivity index (χ3v) is 6.97. The van der Waals surface area contributed by atoms with Gasteiger partial charge < -0.3 is 31.5 Å². The van der Waals surface area contributed by atoms with Crippen molar-refractivity contribution in [3.05, 3.63) is 40.2 Å². The molecule has 3 aliphatic rings. The fourth-order valence-electron chi connectivity index (χ4n) is 5.60. The number of rotatable bonds is 4. The summed E-state index contributed by atoms with van der Waals surface area (Å²) in [5, 5.41) is 47.0. The molecule has 0 bridgehead atoms. The van der Waals surface area contributed by atoms with Gasteiger partial charge in [-0.05, 0) is 57.5 Å². The number of carbonyl (C=O) groups is 3. The first-order valence-corrected chi connectivity index (χ1v) is 10.7. The van der Waals surface area contributed by atoms with Gasteiger partial charge in [0, 0.05) is 23.7 Å². The lowest BCUT2D eigenvalue weighted by Crippen LogP contribution is -2.65. The van der Waals surface area contributed by atoms with Crippen molar-refractivity contribution in [3.8, 4) is 5.75 Å². The van der Waals surface area contributed by atoms with Crippen LogP contribution in [0.4, 0.5) is 5.69 Å². The number of phenolic OH excluding ortho intramolecular Hbond substituents is 1. The molecule has 3 unspecified atom stereocenters. The number of aliphatic hydroxyl groups is 3. The van der Waals surface area contributed by atoms with E-state index in [-0.39, 0.29) is 42.1 Å². The highest BCUT2D eigenvalue weighted by Crippen LogP contribution is 2.53. The topological polar surface area (TPSA) is 173 Å². The molecule has 0 heterocycles. The summed E-state index contributed by atoms with van der Waals surface area (Å²) < 4.78 is 0. The number of ketones is 2. The van der Waals surface area contributed by atoms with Crippen LogP contribution in [0.1, 0.15) is 24.5 Å². The molecule has 1 aromatic rings. The van der Waals surface area contributed by atoms with Gasteiger partial charge in [-0.1, -0.05) is 0 Å². The summed E-state index contributed by atoms with van der Waals surface area (Å²) in [5.74, 6) is -6.55. The molecule has 184 valence electrons. The molecule has 1 aromatic carbocycles. The normalized spacial score (nSPS) is 28.2. The average molecular weight is 494 g/mol. The van der Waals surface area contributed by atoms with Crippen molar-refractivity contribution < 1.29 is 34.8 Å². The fraction of sp³-hybridized carbons (Fsp3) is 0.435. The van der Waals surface area contributed by atoms with E-state index in [0.29, 0.717) is 17.8 Å². The summed E-state index contributed by atoms with van der Waals surface area (Å²) in [6.07, 6.45) is 0.318. The molecule has 34 heavy (non-hydrogen) atoms. The minimum absolute atomic E-state index is 0. The van der Waals surface area contributed by atoms with E-state index < -0.39 is 58.0 Å². The third kappa shape index (κ3) is 3.28. The Balaban J connectivity index is 0.00000324. The minimum atomic E-state index is -2.63. The van der Waals surface area contributed by atoms with Crippen LogP contribution in [0.5, 0.6) is 5.75 Å². The molecular formula is C23H28ClN3O7. The second-order valence-corrected chi connectivity index (χ2v) is 8.98. The van der Waals surface area contributed by atoms with Crippen LogP contribution in [0.15, 0.2) is 29.0 Å². The number of Topliss-reactive ketones (excluding diaryl/α,β-unsaturated/α-hetero) is 2. The monoisotopic (exact) mass is 493 g/mol. The number of anilines is 1. The molecule has 4 rings (SSSR count). The molecule has 1 saturated carbocycles. The largest absolute Gasteiger partial charge is 0.508 e. The number of nitrogens with two attached hydrogens (primary N) is 1. The first kappa shape index (κ1) is 25.5. The number of aromatic hydroxyl groups is 1.